The summed E-state index contributed by atoms with van der Waals surface area (Å²) in [5, 5.41) is 6.67. The predicted octanol–water partition coefficient (Wildman–Crippen LogP) is 4.47. The van der Waals surface area contributed by atoms with Crippen molar-refractivity contribution in [3.8, 4) is 11.5 Å². The Bertz CT molecular complexity index is 928. The third-order valence-electron chi connectivity index (χ3n) is 4.11. The van der Waals surface area contributed by atoms with Gasteiger partial charge >= 0.3 is 0 Å². The Hall–Kier alpha value is -3.28. The lowest BCUT2D eigenvalue weighted by molar-refractivity contribution is 0.410. The van der Waals surface area contributed by atoms with Crippen molar-refractivity contribution in [1.82, 2.24) is 9.97 Å². The third-order valence-corrected chi connectivity index (χ3v) is 4.11. The van der Waals surface area contributed by atoms with Gasteiger partial charge in [-0.3, -0.25) is 0 Å². The summed E-state index contributed by atoms with van der Waals surface area (Å²) in [4.78, 5) is 8.95. The van der Waals surface area contributed by atoms with E-state index in [-0.39, 0.29) is 0 Å². The van der Waals surface area contributed by atoms with Crippen LogP contribution < -0.4 is 20.1 Å². The van der Waals surface area contributed by atoms with Crippen molar-refractivity contribution in [3.63, 3.8) is 0 Å². The van der Waals surface area contributed by atoms with Gasteiger partial charge in [0.2, 0.25) is 0 Å². The van der Waals surface area contributed by atoms with Crippen LogP contribution in [0, 0.1) is 13.8 Å². The number of aryl methyl sites for hydroxylation is 2. The van der Waals surface area contributed by atoms with Crippen LogP contribution in [0.15, 0.2) is 48.5 Å². The number of anilines is 3. The van der Waals surface area contributed by atoms with Crippen molar-refractivity contribution < 1.29 is 9.47 Å². The lowest BCUT2D eigenvalue weighted by Crippen LogP contribution is -2.06. The number of hydrogen-bond donors (Lipinski definition) is 2. The number of methoxy groups -OCH3 is 2. The lowest BCUT2D eigenvalue weighted by atomic mass is 10.2. The zero-order chi connectivity index (χ0) is 19.2. The molecule has 0 fully saturated rings. The molecule has 1 aromatic heterocycles. The summed E-state index contributed by atoms with van der Waals surface area (Å²) in [6.45, 7) is 4.51. The molecule has 0 unspecified atom stereocenters. The van der Waals surface area contributed by atoms with Crippen LogP contribution in [0.3, 0.4) is 0 Å². The highest BCUT2D eigenvalue weighted by molar-refractivity contribution is 5.66. The van der Waals surface area contributed by atoms with Crippen molar-refractivity contribution in [2.24, 2.45) is 0 Å². The fourth-order valence-electron chi connectivity index (χ4n) is 2.81. The molecule has 0 atom stereocenters. The zero-order valence-electron chi connectivity index (χ0n) is 16.0. The quantitative estimate of drug-likeness (QED) is 0.645. The van der Waals surface area contributed by atoms with Gasteiger partial charge in [-0.05, 0) is 37.6 Å². The average molecular weight is 364 g/mol. The zero-order valence-corrected chi connectivity index (χ0v) is 16.0. The van der Waals surface area contributed by atoms with Crippen LogP contribution in [0.2, 0.25) is 0 Å². The molecule has 27 heavy (non-hydrogen) atoms. The number of hydrogen-bond acceptors (Lipinski definition) is 6. The Kier molecular flexibility index (Phi) is 5.76. The molecule has 0 spiro atoms. The molecule has 0 aliphatic heterocycles. The van der Waals surface area contributed by atoms with Gasteiger partial charge in [0.05, 0.1) is 19.9 Å². The first-order valence-corrected chi connectivity index (χ1v) is 8.72. The smallest absolute Gasteiger partial charge is 0.142 e. The average Bonchev–Trinajstić information content (AvgIpc) is 2.66. The maximum atomic E-state index is 5.43. The van der Waals surface area contributed by atoms with Crippen LogP contribution in [-0.2, 0) is 6.54 Å². The van der Waals surface area contributed by atoms with E-state index in [0.29, 0.717) is 18.2 Å². The Morgan fingerprint density at radius 1 is 0.852 bits per heavy atom. The van der Waals surface area contributed by atoms with Crippen molar-refractivity contribution in [2.75, 3.05) is 24.9 Å². The summed E-state index contributed by atoms with van der Waals surface area (Å²) in [6, 6.07) is 15.8. The molecule has 140 valence electrons. The standard InChI is InChI=1S/C21H24N4O2/c1-14-9-10-19(27-4)17(11-14)25-21-12-20(23-15(2)24-21)22-13-16-7-5-6-8-18(16)26-3/h5-12H,13H2,1-4H3,(H2,22,23,24,25). The molecular weight excluding hydrogens is 340 g/mol. The number of nitrogens with one attached hydrogen (secondary N) is 2. The highest BCUT2D eigenvalue weighted by atomic mass is 16.5. The topological polar surface area (TPSA) is 68.3 Å². The summed E-state index contributed by atoms with van der Waals surface area (Å²) >= 11 is 0. The maximum Gasteiger partial charge on any atom is 0.142 e. The highest BCUT2D eigenvalue weighted by Crippen LogP contribution is 2.28. The Balaban J connectivity index is 1.79. The fraction of sp³-hybridized carbons (Fsp3) is 0.238. The molecule has 2 aromatic carbocycles. The number of benzene rings is 2. The maximum absolute atomic E-state index is 5.43. The van der Waals surface area contributed by atoms with E-state index < -0.39 is 0 Å². The molecule has 0 aliphatic rings. The predicted molar refractivity (Wildman–Crippen MR) is 108 cm³/mol. The van der Waals surface area contributed by atoms with Crippen molar-refractivity contribution >= 4 is 17.3 Å². The van der Waals surface area contributed by atoms with Crippen LogP contribution in [-0.4, -0.2) is 24.2 Å². The van der Waals surface area contributed by atoms with Gasteiger partial charge in [-0.1, -0.05) is 24.3 Å². The second-order valence-corrected chi connectivity index (χ2v) is 6.18. The molecule has 6 heteroatoms. The molecular formula is C21H24N4O2. The van der Waals surface area contributed by atoms with E-state index in [0.717, 1.165) is 34.1 Å². The second-order valence-electron chi connectivity index (χ2n) is 6.18. The largest absolute Gasteiger partial charge is 0.496 e. The van der Waals surface area contributed by atoms with Gasteiger partial charge in [-0.15, -0.1) is 0 Å². The van der Waals surface area contributed by atoms with E-state index in [1.165, 1.54) is 0 Å². The van der Waals surface area contributed by atoms with Crippen LogP contribution in [0.4, 0.5) is 17.3 Å². The number of nitrogens with zero attached hydrogens (tertiary/aromatic N) is 2. The van der Waals surface area contributed by atoms with E-state index in [4.69, 9.17) is 9.47 Å². The molecule has 6 nitrogen and oxygen atoms in total. The van der Waals surface area contributed by atoms with Crippen LogP contribution in [0.1, 0.15) is 17.0 Å². The summed E-state index contributed by atoms with van der Waals surface area (Å²) in [5.41, 5.74) is 3.07. The Labute approximate surface area is 159 Å². The minimum Gasteiger partial charge on any atom is -0.496 e. The van der Waals surface area contributed by atoms with Gasteiger partial charge in [0.15, 0.2) is 0 Å². The monoisotopic (exact) mass is 364 g/mol. The second kappa shape index (κ2) is 8.40. The highest BCUT2D eigenvalue weighted by Gasteiger charge is 2.08. The summed E-state index contributed by atoms with van der Waals surface area (Å²) < 4.78 is 10.8. The molecule has 3 rings (SSSR count). The normalized spacial score (nSPS) is 10.4. The number of aromatic nitrogens is 2. The van der Waals surface area contributed by atoms with E-state index in [2.05, 4.69) is 20.6 Å². The molecule has 0 bridgehead atoms. The van der Waals surface area contributed by atoms with Crippen molar-refractivity contribution in [2.45, 2.75) is 20.4 Å². The minimum atomic E-state index is 0.605. The van der Waals surface area contributed by atoms with E-state index in [1.807, 2.05) is 62.4 Å². The van der Waals surface area contributed by atoms with Crippen LogP contribution in [0.25, 0.3) is 0 Å². The van der Waals surface area contributed by atoms with Gasteiger partial charge in [0.25, 0.3) is 0 Å². The SMILES string of the molecule is COc1ccccc1CNc1cc(Nc2cc(C)ccc2OC)nc(C)n1. The molecule has 0 aliphatic carbocycles. The lowest BCUT2D eigenvalue weighted by Gasteiger charge is -2.14. The number of para-hydroxylation sites is 1. The molecule has 2 N–H and O–H groups in total. The van der Waals surface area contributed by atoms with Crippen molar-refractivity contribution in [1.29, 1.82) is 0 Å². The molecule has 3 aromatic rings. The first-order chi connectivity index (χ1) is 13.1. The Morgan fingerprint density at radius 3 is 2.37 bits per heavy atom. The third kappa shape index (κ3) is 4.67. The van der Waals surface area contributed by atoms with E-state index in [1.54, 1.807) is 14.2 Å². The first kappa shape index (κ1) is 18.5. The molecule has 0 saturated carbocycles. The summed E-state index contributed by atoms with van der Waals surface area (Å²) in [6.07, 6.45) is 0. The van der Waals surface area contributed by atoms with Crippen LogP contribution in [0.5, 0.6) is 11.5 Å². The van der Waals surface area contributed by atoms with Gasteiger partial charge in [0, 0.05) is 18.2 Å². The number of rotatable bonds is 7. The molecule has 0 amide bonds. The van der Waals surface area contributed by atoms with Gasteiger partial charge < -0.3 is 20.1 Å². The van der Waals surface area contributed by atoms with Gasteiger partial charge in [-0.25, -0.2) is 9.97 Å². The van der Waals surface area contributed by atoms with E-state index >= 15 is 0 Å². The molecule has 1 heterocycles. The van der Waals surface area contributed by atoms with E-state index in [9.17, 15) is 0 Å². The number of ether oxygens (including phenoxy) is 2. The fourth-order valence-corrected chi connectivity index (χ4v) is 2.81. The van der Waals surface area contributed by atoms with Gasteiger partial charge in [-0.2, -0.15) is 0 Å². The molecule has 0 saturated heterocycles. The summed E-state index contributed by atoms with van der Waals surface area (Å²) in [7, 11) is 3.33. The van der Waals surface area contributed by atoms with Gasteiger partial charge in [0.1, 0.15) is 29.0 Å². The van der Waals surface area contributed by atoms with Crippen LogP contribution >= 0.6 is 0 Å². The Morgan fingerprint density at radius 2 is 1.59 bits per heavy atom. The first-order valence-electron chi connectivity index (χ1n) is 8.72. The van der Waals surface area contributed by atoms with Crippen molar-refractivity contribution in [3.05, 3.63) is 65.5 Å². The minimum absolute atomic E-state index is 0.605. The molecule has 0 radical (unpaired) electrons. The summed E-state index contributed by atoms with van der Waals surface area (Å²) in [5.74, 6) is 3.73.